The van der Waals surface area contributed by atoms with Gasteiger partial charge in [-0.15, -0.1) is 0 Å². The zero-order valence-electron chi connectivity index (χ0n) is 10.3. The summed E-state index contributed by atoms with van der Waals surface area (Å²) in [5.74, 6) is -0.799. The highest BCUT2D eigenvalue weighted by Crippen LogP contribution is 2.31. The van der Waals surface area contributed by atoms with Gasteiger partial charge in [-0.25, -0.2) is 12.8 Å². The van der Waals surface area contributed by atoms with Crippen LogP contribution < -0.4 is 4.72 Å². The van der Waals surface area contributed by atoms with Crippen LogP contribution in [0.25, 0.3) is 0 Å². The molecule has 0 aliphatic heterocycles. The number of rotatable bonds is 3. The highest BCUT2D eigenvalue weighted by molar-refractivity contribution is 7.92. The molecule has 0 unspecified atom stereocenters. The molecule has 0 atom stereocenters. The fraction of sp³-hybridized carbons (Fsp3) is 0. The van der Waals surface area contributed by atoms with Crippen molar-refractivity contribution in [1.29, 1.82) is 5.26 Å². The van der Waals surface area contributed by atoms with Gasteiger partial charge in [0.15, 0.2) is 0 Å². The Hall–Kier alpha value is -1.81. The number of hydrogen-bond acceptors (Lipinski definition) is 3. The summed E-state index contributed by atoms with van der Waals surface area (Å²) in [5, 5.41) is 8.98. The van der Waals surface area contributed by atoms with Crippen LogP contribution in [0.1, 0.15) is 5.56 Å². The van der Waals surface area contributed by atoms with Crippen LogP contribution in [0.5, 0.6) is 0 Å². The fourth-order valence-electron chi connectivity index (χ4n) is 1.55. The molecule has 108 valence electrons. The molecular formula is C13H7Cl2FN2O2S. The number of halogens is 3. The number of anilines is 1. The maximum Gasteiger partial charge on any atom is 0.262 e. The molecule has 2 rings (SSSR count). The Bertz CT molecular complexity index is 827. The molecule has 0 radical (unpaired) electrons. The Kier molecular flexibility index (Phi) is 4.37. The molecule has 2 aromatic rings. The minimum Gasteiger partial charge on any atom is -0.277 e. The first-order chi connectivity index (χ1) is 9.85. The van der Waals surface area contributed by atoms with Gasteiger partial charge >= 0.3 is 0 Å². The van der Waals surface area contributed by atoms with E-state index in [9.17, 15) is 12.8 Å². The molecule has 0 saturated carbocycles. The number of nitrogens with zero attached hydrogens (tertiary/aromatic N) is 1. The summed E-state index contributed by atoms with van der Waals surface area (Å²) < 4.78 is 39.9. The van der Waals surface area contributed by atoms with Gasteiger partial charge in [0.2, 0.25) is 0 Å². The van der Waals surface area contributed by atoms with Gasteiger partial charge < -0.3 is 0 Å². The molecule has 2 aromatic carbocycles. The highest BCUT2D eigenvalue weighted by Gasteiger charge is 2.19. The first-order valence-electron chi connectivity index (χ1n) is 5.51. The van der Waals surface area contributed by atoms with Crippen molar-refractivity contribution in [2.75, 3.05) is 4.72 Å². The second-order valence-electron chi connectivity index (χ2n) is 3.96. The first-order valence-corrected chi connectivity index (χ1v) is 7.75. The molecule has 0 aliphatic carbocycles. The van der Waals surface area contributed by atoms with Crippen LogP contribution in [-0.4, -0.2) is 8.42 Å². The van der Waals surface area contributed by atoms with Crippen molar-refractivity contribution in [3.05, 3.63) is 57.8 Å². The van der Waals surface area contributed by atoms with Crippen LogP contribution in [0, 0.1) is 17.1 Å². The van der Waals surface area contributed by atoms with Crippen molar-refractivity contribution in [3.8, 4) is 6.07 Å². The second-order valence-corrected chi connectivity index (χ2v) is 6.45. The van der Waals surface area contributed by atoms with Crippen molar-refractivity contribution >= 4 is 38.9 Å². The van der Waals surface area contributed by atoms with E-state index in [2.05, 4.69) is 4.72 Å². The van der Waals surface area contributed by atoms with Gasteiger partial charge in [0, 0.05) is 0 Å². The summed E-state index contributed by atoms with van der Waals surface area (Å²) in [6.45, 7) is 0. The van der Waals surface area contributed by atoms with Crippen molar-refractivity contribution in [2.24, 2.45) is 0 Å². The summed E-state index contributed by atoms with van der Waals surface area (Å²) in [6, 6.07) is 8.96. The lowest BCUT2D eigenvalue weighted by Crippen LogP contribution is -2.14. The van der Waals surface area contributed by atoms with E-state index in [1.165, 1.54) is 12.1 Å². The number of benzene rings is 2. The fourth-order valence-corrected chi connectivity index (χ4v) is 3.28. The van der Waals surface area contributed by atoms with Crippen molar-refractivity contribution < 1.29 is 12.8 Å². The SMILES string of the molecule is N#Cc1cc(S(=O)(=O)Nc2c(Cl)cccc2Cl)ccc1F. The molecule has 0 heterocycles. The molecule has 0 fully saturated rings. The summed E-state index contributed by atoms with van der Waals surface area (Å²) in [5.41, 5.74) is -0.355. The predicted molar refractivity (Wildman–Crippen MR) is 78.4 cm³/mol. The second kappa shape index (κ2) is 5.90. The first kappa shape index (κ1) is 15.6. The Morgan fingerprint density at radius 1 is 1.14 bits per heavy atom. The van der Waals surface area contributed by atoms with Gasteiger partial charge in [-0.05, 0) is 30.3 Å². The zero-order chi connectivity index (χ0) is 15.6. The monoisotopic (exact) mass is 344 g/mol. The Morgan fingerprint density at radius 2 is 1.76 bits per heavy atom. The number of nitrogens with one attached hydrogen (secondary N) is 1. The summed E-state index contributed by atoms with van der Waals surface area (Å²) in [6.07, 6.45) is 0. The van der Waals surface area contributed by atoms with E-state index in [-0.39, 0.29) is 26.2 Å². The van der Waals surface area contributed by atoms with Gasteiger partial charge in [-0.3, -0.25) is 4.72 Å². The number of hydrogen-bond donors (Lipinski definition) is 1. The lowest BCUT2D eigenvalue weighted by atomic mass is 10.2. The van der Waals surface area contributed by atoms with Gasteiger partial charge in [0.05, 0.1) is 26.2 Å². The van der Waals surface area contributed by atoms with E-state index < -0.39 is 15.8 Å². The Balaban J connectivity index is 2.47. The van der Waals surface area contributed by atoms with Gasteiger partial charge in [0.1, 0.15) is 11.9 Å². The molecule has 0 bridgehead atoms. The number of nitriles is 1. The number of sulfonamides is 1. The molecule has 0 spiro atoms. The third-order valence-corrected chi connectivity index (χ3v) is 4.55. The molecular weight excluding hydrogens is 338 g/mol. The molecule has 0 aliphatic rings. The summed E-state index contributed by atoms with van der Waals surface area (Å²) in [7, 11) is -4.04. The van der Waals surface area contributed by atoms with Crippen LogP contribution in [-0.2, 0) is 10.0 Å². The van der Waals surface area contributed by atoms with E-state index in [1.807, 2.05) is 0 Å². The quantitative estimate of drug-likeness (QED) is 0.920. The topological polar surface area (TPSA) is 70.0 Å². The third kappa shape index (κ3) is 3.27. The Labute approximate surface area is 130 Å². The van der Waals surface area contributed by atoms with Crippen LogP contribution >= 0.6 is 23.2 Å². The Morgan fingerprint density at radius 3 is 2.33 bits per heavy atom. The predicted octanol–water partition coefficient (Wildman–Crippen LogP) is 3.80. The summed E-state index contributed by atoms with van der Waals surface area (Å²) >= 11 is 11.8. The van der Waals surface area contributed by atoms with Gasteiger partial charge in [0.25, 0.3) is 10.0 Å². The standard InChI is InChI=1S/C13H7Cl2FN2O2S/c14-10-2-1-3-11(15)13(10)18-21(19,20)9-4-5-12(16)8(6-9)7-17/h1-6,18H. The van der Waals surface area contributed by atoms with Crippen molar-refractivity contribution in [1.82, 2.24) is 0 Å². The maximum atomic E-state index is 13.2. The van der Waals surface area contributed by atoms with E-state index in [0.29, 0.717) is 0 Å². The van der Waals surface area contributed by atoms with Crippen molar-refractivity contribution in [2.45, 2.75) is 4.90 Å². The summed E-state index contributed by atoms with van der Waals surface area (Å²) in [4.78, 5) is -0.267. The lowest BCUT2D eigenvalue weighted by Gasteiger charge is -2.11. The third-order valence-electron chi connectivity index (χ3n) is 2.57. The zero-order valence-corrected chi connectivity index (χ0v) is 12.6. The minimum atomic E-state index is -4.04. The molecule has 21 heavy (non-hydrogen) atoms. The van der Waals surface area contributed by atoms with Gasteiger partial charge in [-0.1, -0.05) is 29.3 Å². The average Bonchev–Trinajstić information content (AvgIpc) is 2.43. The molecule has 1 N–H and O–H groups in total. The minimum absolute atomic E-state index is 0.0173. The van der Waals surface area contributed by atoms with Crippen LogP contribution in [0.15, 0.2) is 41.3 Å². The van der Waals surface area contributed by atoms with Crippen LogP contribution in [0.4, 0.5) is 10.1 Å². The van der Waals surface area contributed by atoms with Crippen molar-refractivity contribution in [3.63, 3.8) is 0 Å². The number of para-hydroxylation sites is 1. The molecule has 0 amide bonds. The molecule has 4 nitrogen and oxygen atoms in total. The molecule has 0 aromatic heterocycles. The highest BCUT2D eigenvalue weighted by atomic mass is 35.5. The van der Waals surface area contributed by atoms with E-state index >= 15 is 0 Å². The smallest absolute Gasteiger partial charge is 0.262 e. The average molecular weight is 345 g/mol. The van der Waals surface area contributed by atoms with E-state index in [4.69, 9.17) is 28.5 Å². The molecule has 8 heteroatoms. The lowest BCUT2D eigenvalue weighted by molar-refractivity contribution is 0.599. The van der Waals surface area contributed by atoms with Crippen LogP contribution in [0.3, 0.4) is 0 Å². The largest absolute Gasteiger partial charge is 0.277 e. The van der Waals surface area contributed by atoms with Crippen LogP contribution in [0.2, 0.25) is 10.0 Å². The molecule has 0 saturated heterocycles. The van der Waals surface area contributed by atoms with E-state index in [0.717, 1.165) is 18.2 Å². The maximum absolute atomic E-state index is 13.2. The van der Waals surface area contributed by atoms with Gasteiger partial charge in [-0.2, -0.15) is 5.26 Å². The van der Waals surface area contributed by atoms with E-state index in [1.54, 1.807) is 12.1 Å². The normalized spacial score (nSPS) is 11.0.